The number of anilines is 1. The number of hydrogen-bond acceptors (Lipinski definition) is 7. The van der Waals surface area contributed by atoms with Gasteiger partial charge in [0.15, 0.2) is 0 Å². The van der Waals surface area contributed by atoms with Gasteiger partial charge in [0, 0.05) is 18.9 Å². The number of sulfonamides is 1. The van der Waals surface area contributed by atoms with E-state index in [0.717, 1.165) is 4.57 Å². The molecule has 2 aromatic carbocycles. The van der Waals surface area contributed by atoms with E-state index in [4.69, 9.17) is 4.74 Å². The number of aromatic nitrogens is 1. The highest BCUT2D eigenvalue weighted by Crippen LogP contribution is 2.23. The molecule has 2 N–H and O–H groups in total. The summed E-state index contributed by atoms with van der Waals surface area (Å²) in [7, 11) is -2.46. The molecule has 10 heteroatoms. The Morgan fingerprint density at radius 2 is 1.82 bits per heavy atom. The van der Waals surface area contributed by atoms with Crippen molar-refractivity contribution in [3.8, 4) is 17.7 Å². The molecule has 0 radical (unpaired) electrons. The number of aromatic hydroxyl groups is 1. The van der Waals surface area contributed by atoms with Crippen LogP contribution in [0.25, 0.3) is 0 Å². The molecule has 170 valence electrons. The maximum Gasteiger partial charge on any atom is 0.271 e. The summed E-state index contributed by atoms with van der Waals surface area (Å²) >= 11 is 0. The first kappa shape index (κ1) is 23.6. The van der Waals surface area contributed by atoms with Gasteiger partial charge in [0.05, 0.1) is 22.8 Å². The quantitative estimate of drug-likeness (QED) is 0.514. The van der Waals surface area contributed by atoms with E-state index in [-0.39, 0.29) is 21.9 Å². The van der Waals surface area contributed by atoms with E-state index in [1.807, 2.05) is 13.0 Å². The SMILES string of the molecule is CCOc1ccc(NS(=O)(=O)c2ccc(N=Cc3c(C)c(C#N)c(=O)n(C)c3O)cc2)cc1. The third-order valence-electron chi connectivity index (χ3n) is 4.88. The molecule has 0 spiro atoms. The van der Waals surface area contributed by atoms with Crippen molar-refractivity contribution in [1.82, 2.24) is 4.57 Å². The summed E-state index contributed by atoms with van der Waals surface area (Å²) in [5.41, 5.74) is 0.663. The average Bonchev–Trinajstić information content (AvgIpc) is 2.79. The Morgan fingerprint density at radius 1 is 1.18 bits per heavy atom. The fraction of sp³-hybridized carbons (Fsp3) is 0.174. The second-order valence-electron chi connectivity index (χ2n) is 7.03. The van der Waals surface area contributed by atoms with Crippen LogP contribution in [-0.4, -0.2) is 30.9 Å². The second kappa shape index (κ2) is 9.58. The van der Waals surface area contributed by atoms with Gasteiger partial charge in [-0.15, -0.1) is 0 Å². The van der Waals surface area contributed by atoms with Gasteiger partial charge in [-0.3, -0.25) is 19.1 Å². The monoisotopic (exact) mass is 466 g/mol. The molecule has 0 saturated carbocycles. The molecule has 3 rings (SSSR count). The third kappa shape index (κ3) is 5.05. The lowest BCUT2D eigenvalue weighted by atomic mass is 10.1. The molecule has 0 unspecified atom stereocenters. The van der Waals surface area contributed by atoms with Crippen molar-refractivity contribution < 1.29 is 18.3 Å². The van der Waals surface area contributed by atoms with Crippen LogP contribution in [0.5, 0.6) is 11.6 Å². The minimum atomic E-state index is -3.81. The highest BCUT2D eigenvalue weighted by molar-refractivity contribution is 7.92. The zero-order valence-corrected chi connectivity index (χ0v) is 19.0. The Hall–Kier alpha value is -4.10. The van der Waals surface area contributed by atoms with Gasteiger partial charge < -0.3 is 9.84 Å². The molecule has 0 amide bonds. The van der Waals surface area contributed by atoms with Crippen molar-refractivity contribution in [2.45, 2.75) is 18.7 Å². The Bertz CT molecular complexity index is 1400. The van der Waals surface area contributed by atoms with Crippen LogP contribution in [0.15, 0.2) is 63.2 Å². The zero-order valence-electron chi connectivity index (χ0n) is 18.2. The van der Waals surface area contributed by atoms with Gasteiger partial charge in [-0.25, -0.2) is 8.42 Å². The molecular weight excluding hydrogens is 444 g/mol. The Morgan fingerprint density at radius 3 is 2.39 bits per heavy atom. The largest absolute Gasteiger partial charge is 0.494 e. The second-order valence-corrected chi connectivity index (χ2v) is 8.71. The molecule has 0 atom stereocenters. The molecule has 0 aliphatic carbocycles. The van der Waals surface area contributed by atoms with E-state index < -0.39 is 15.6 Å². The first-order valence-electron chi connectivity index (χ1n) is 9.90. The zero-order chi connectivity index (χ0) is 24.2. The van der Waals surface area contributed by atoms with Gasteiger partial charge in [-0.2, -0.15) is 5.26 Å². The smallest absolute Gasteiger partial charge is 0.271 e. The number of nitrogens with zero attached hydrogens (tertiary/aromatic N) is 3. The van der Waals surface area contributed by atoms with E-state index in [1.165, 1.54) is 37.5 Å². The lowest BCUT2D eigenvalue weighted by Crippen LogP contribution is -2.22. The number of ether oxygens (including phenoxy) is 1. The van der Waals surface area contributed by atoms with Crippen molar-refractivity contribution in [3.05, 3.63) is 75.6 Å². The number of nitriles is 1. The fourth-order valence-electron chi connectivity index (χ4n) is 3.04. The maximum atomic E-state index is 12.7. The molecule has 0 fully saturated rings. The lowest BCUT2D eigenvalue weighted by Gasteiger charge is -2.10. The molecule has 1 heterocycles. The van der Waals surface area contributed by atoms with Crippen molar-refractivity contribution in [2.24, 2.45) is 12.0 Å². The van der Waals surface area contributed by atoms with Gasteiger partial charge in [0.2, 0.25) is 5.88 Å². The van der Waals surface area contributed by atoms with Crippen molar-refractivity contribution in [2.75, 3.05) is 11.3 Å². The van der Waals surface area contributed by atoms with E-state index in [9.17, 15) is 23.6 Å². The molecule has 0 bridgehead atoms. The predicted molar refractivity (Wildman–Crippen MR) is 125 cm³/mol. The van der Waals surface area contributed by atoms with Crippen LogP contribution in [0.4, 0.5) is 11.4 Å². The molecular formula is C23H22N4O5S. The summed E-state index contributed by atoms with van der Waals surface area (Å²) < 4.78 is 34.1. The molecule has 33 heavy (non-hydrogen) atoms. The predicted octanol–water partition coefficient (Wildman–Crippen LogP) is 3.22. The highest BCUT2D eigenvalue weighted by atomic mass is 32.2. The standard InChI is InChI=1S/C23H22N4O5S/c1-4-32-18-9-5-17(6-10-18)26-33(30,31)19-11-7-16(8-12-19)25-14-21-15(2)20(13-24)22(28)27(3)23(21)29/h5-12,14,26,29H,4H2,1-3H3. The minimum absolute atomic E-state index is 0.0447. The normalized spacial score (nSPS) is 11.3. The summed E-state index contributed by atoms with van der Waals surface area (Å²) in [6.45, 7) is 3.92. The Balaban J connectivity index is 1.82. The molecule has 1 aromatic heterocycles. The first-order valence-corrected chi connectivity index (χ1v) is 11.4. The number of hydrogen-bond donors (Lipinski definition) is 2. The van der Waals surface area contributed by atoms with Crippen LogP contribution in [0.1, 0.15) is 23.6 Å². The van der Waals surface area contributed by atoms with Crippen molar-refractivity contribution in [1.29, 1.82) is 5.26 Å². The third-order valence-corrected chi connectivity index (χ3v) is 6.27. The van der Waals surface area contributed by atoms with Crippen LogP contribution >= 0.6 is 0 Å². The van der Waals surface area contributed by atoms with Gasteiger partial charge >= 0.3 is 0 Å². The Labute approximate surface area is 191 Å². The van der Waals surface area contributed by atoms with E-state index in [1.54, 1.807) is 31.2 Å². The van der Waals surface area contributed by atoms with Crippen molar-refractivity contribution in [3.63, 3.8) is 0 Å². The minimum Gasteiger partial charge on any atom is -0.494 e. The summed E-state index contributed by atoms with van der Waals surface area (Å²) in [5.74, 6) is 0.323. The number of benzene rings is 2. The van der Waals surface area contributed by atoms with Crippen LogP contribution < -0.4 is 15.0 Å². The molecule has 9 nitrogen and oxygen atoms in total. The first-order chi connectivity index (χ1) is 15.7. The number of aliphatic imine (C=N–C) groups is 1. The van der Waals surface area contributed by atoms with E-state index in [2.05, 4.69) is 9.71 Å². The van der Waals surface area contributed by atoms with E-state index in [0.29, 0.717) is 29.3 Å². The molecule has 0 aliphatic rings. The molecule has 3 aromatic rings. The van der Waals surface area contributed by atoms with Gasteiger partial charge in [0.1, 0.15) is 17.4 Å². The van der Waals surface area contributed by atoms with Crippen molar-refractivity contribution >= 4 is 27.6 Å². The van der Waals surface area contributed by atoms with Gasteiger partial charge in [0.25, 0.3) is 15.6 Å². The lowest BCUT2D eigenvalue weighted by molar-refractivity contribution is 0.340. The molecule has 0 saturated heterocycles. The fourth-order valence-corrected chi connectivity index (χ4v) is 4.10. The maximum absolute atomic E-state index is 12.7. The van der Waals surface area contributed by atoms with Crippen LogP contribution in [0, 0.1) is 18.3 Å². The highest BCUT2D eigenvalue weighted by Gasteiger charge is 2.16. The van der Waals surface area contributed by atoms with Crippen LogP contribution in [0.2, 0.25) is 0 Å². The number of pyridine rings is 1. The Kier molecular flexibility index (Phi) is 6.84. The van der Waals surface area contributed by atoms with Gasteiger partial charge in [-0.05, 0) is 67.9 Å². The summed E-state index contributed by atoms with van der Waals surface area (Å²) in [6, 6.07) is 14.2. The van der Waals surface area contributed by atoms with E-state index >= 15 is 0 Å². The summed E-state index contributed by atoms with van der Waals surface area (Å²) in [5, 5.41) is 19.5. The summed E-state index contributed by atoms with van der Waals surface area (Å²) in [4.78, 5) is 16.3. The number of rotatable bonds is 7. The topological polar surface area (TPSA) is 134 Å². The molecule has 0 aliphatic heterocycles. The van der Waals surface area contributed by atoms with Crippen LogP contribution in [0.3, 0.4) is 0 Å². The van der Waals surface area contributed by atoms with Crippen LogP contribution in [-0.2, 0) is 17.1 Å². The average molecular weight is 467 g/mol. The number of nitrogens with one attached hydrogen (secondary N) is 1. The van der Waals surface area contributed by atoms with Gasteiger partial charge in [-0.1, -0.05) is 0 Å². The summed E-state index contributed by atoms with van der Waals surface area (Å²) in [6.07, 6.45) is 1.33.